The number of urea groups is 1. The summed E-state index contributed by atoms with van der Waals surface area (Å²) in [6, 6.07) is 6.86. The third kappa shape index (κ3) is 3.00. The fourth-order valence-corrected chi connectivity index (χ4v) is 3.36. The van der Waals surface area contributed by atoms with Gasteiger partial charge in [-0.1, -0.05) is 5.21 Å². The molecule has 2 amide bonds. The van der Waals surface area contributed by atoms with Gasteiger partial charge in [0.1, 0.15) is 0 Å². The normalized spacial score (nSPS) is 22.0. The smallest absolute Gasteiger partial charge is 0.321 e. The lowest BCUT2D eigenvalue weighted by molar-refractivity contribution is -0.0595. The predicted octanol–water partition coefficient (Wildman–Crippen LogP) is 1.86. The van der Waals surface area contributed by atoms with E-state index in [0.717, 1.165) is 12.1 Å². The molecule has 2 aliphatic heterocycles. The topological polar surface area (TPSA) is 89.3 Å². The maximum Gasteiger partial charge on any atom is 0.321 e. The maximum atomic E-state index is 12.5. The number of carbonyl (C=O) groups excluding carboxylic acids is 2. The largest absolute Gasteiger partial charge is 0.368 e. The number of amides is 2. The minimum absolute atomic E-state index is 0.00174. The van der Waals surface area contributed by atoms with Gasteiger partial charge in [-0.15, -0.1) is 5.10 Å². The second-order valence-corrected chi connectivity index (χ2v) is 6.39. The second kappa shape index (κ2) is 6.29. The van der Waals surface area contributed by atoms with Crippen LogP contribution in [0.25, 0.3) is 0 Å². The fourth-order valence-electron chi connectivity index (χ4n) is 3.36. The summed E-state index contributed by atoms with van der Waals surface area (Å²) in [6.45, 7) is 3.13. The molecule has 0 spiro atoms. The molecule has 2 aromatic rings. The van der Waals surface area contributed by atoms with Crippen LogP contribution in [0.15, 0.2) is 30.5 Å². The van der Waals surface area contributed by atoms with Gasteiger partial charge in [0, 0.05) is 17.8 Å². The third-order valence-electron chi connectivity index (χ3n) is 4.76. The minimum atomic E-state index is -0.165. The summed E-state index contributed by atoms with van der Waals surface area (Å²) in [6.07, 6.45) is 2.42. The highest BCUT2D eigenvalue weighted by Gasteiger charge is 2.37. The summed E-state index contributed by atoms with van der Waals surface area (Å²) >= 11 is 0. The van der Waals surface area contributed by atoms with Crippen LogP contribution in [0.5, 0.6) is 0 Å². The van der Waals surface area contributed by atoms with E-state index in [2.05, 4.69) is 15.6 Å². The molecule has 0 saturated carbocycles. The van der Waals surface area contributed by atoms with E-state index in [1.807, 2.05) is 4.68 Å². The molecule has 1 fully saturated rings. The van der Waals surface area contributed by atoms with Crippen LogP contribution in [0.3, 0.4) is 0 Å². The van der Waals surface area contributed by atoms with E-state index >= 15 is 0 Å². The Kier molecular flexibility index (Phi) is 3.96. The zero-order chi connectivity index (χ0) is 17.4. The summed E-state index contributed by atoms with van der Waals surface area (Å²) in [5.74, 6) is 0.00174. The summed E-state index contributed by atoms with van der Waals surface area (Å²) in [5, 5.41) is 11.0. The number of carbonyl (C=O) groups is 2. The second-order valence-electron chi connectivity index (χ2n) is 6.39. The average molecular weight is 341 g/mol. The van der Waals surface area contributed by atoms with Crippen molar-refractivity contribution in [3.8, 4) is 0 Å². The number of hydrogen-bond donors (Lipinski definition) is 1. The van der Waals surface area contributed by atoms with Crippen molar-refractivity contribution in [1.29, 1.82) is 0 Å². The Labute approximate surface area is 144 Å². The number of nitrogens with zero attached hydrogens (tertiary/aromatic N) is 4. The Morgan fingerprint density at radius 1 is 1.28 bits per heavy atom. The highest BCUT2D eigenvalue weighted by molar-refractivity contribution is 5.95. The third-order valence-corrected chi connectivity index (χ3v) is 4.76. The first-order valence-electron chi connectivity index (χ1n) is 8.29. The zero-order valence-corrected chi connectivity index (χ0v) is 13.9. The molecule has 4 rings (SSSR count). The maximum absolute atomic E-state index is 12.5. The van der Waals surface area contributed by atoms with E-state index in [1.165, 1.54) is 6.92 Å². The molecule has 8 heteroatoms. The van der Waals surface area contributed by atoms with Crippen molar-refractivity contribution >= 4 is 17.5 Å². The van der Waals surface area contributed by atoms with Crippen molar-refractivity contribution in [2.45, 2.75) is 32.1 Å². The lowest BCUT2D eigenvalue weighted by Gasteiger charge is -2.40. The number of benzene rings is 1. The highest BCUT2D eigenvalue weighted by Crippen LogP contribution is 2.30. The number of Topliss-reactive ketones (excluding diaryl/α,β-unsaturated/α-hetero) is 1. The Hall–Kier alpha value is -2.74. The Morgan fingerprint density at radius 3 is 2.84 bits per heavy atom. The summed E-state index contributed by atoms with van der Waals surface area (Å²) in [4.78, 5) is 25.6. The van der Waals surface area contributed by atoms with Crippen molar-refractivity contribution in [3.05, 3.63) is 41.7 Å². The van der Waals surface area contributed by atoms with Crippen LogP contribution in [-0.4, -0.2) is 50.9 Å². The Morgan fingerprint density at radius 2 is 2.08 bits per heavy atom. The summed E-state index contributed by atoms with van der Waals surface area (Å²) < 4.78 is 7.80. The number of piperidine rings is 1. The van der Waals surface area contributed by atoms with Gasteiger partial charge in [-0.25, -0.2) is 9.48 Å². The predicted molar refractivity (Wildman–Crippen MR) is 89.3 cm³/mol. The number of ketones is 1. The highest BCUT2D eigenvalue weighted by atomic mass is 16.5. The quantitative estimate of drug-likeness (QED) is 0.842. The van der Waals surface area contributed by atoms with Crippen LogP contribution in [-0.2, 0) is 11.3 Å². The van der Waals surface area contributed by atoms with E-state index in [9.17, 15) is 9.59 Å². The van der Waals surface area contributed by atoms with Crippen LogP contribution >= 0.6 is 0 Å². The van der Waals surface area contributed by atoms with Gasteiger partial charge < -0.3 is 15.0 Å². The van der Waals surface area contributed by atoms with Gasteiger partial charge in [0.25, 0.3) is 0 Å². The number of nitrogens with one attached hydrogen (secondary N) is 1. The number of anilines is 1. The van der Waals surface area contributed by atoms with E-state index in [4.69, 9.17) is 4.74 Å². The Bertz CT molecular complexity index is 801. The molecular formula is C17H19N5O3. The van der Waals surface area contributed by atoms with Gasteiger partial charge in [0.05, 0.1) is 37.2 Å². The monoisotopic (exact) mass is 341 g/mol. The van der Waals surface area contributed by atoms with Crippen LogP contribution in [0.1, 0.15) is 35.4 Å². The molecule has 0 radical (unpaired) electrons. The molecule has 8 nitrogen and oxygen atoms in total. The van der Waals surface area contributed by atoms with Crippen LogP contribution in [0.2, 0.25) is 0 Å². The van der Waals surface area contributed by atoms with Gasteiger partial charge in [-0.05, 0) is 37.6 Å². The van der Waals surface area contributed by atoms with Crippen molar-refractivity contribution in [1.82, 2.24) is 19.9 Å². The van der Waals surface area contributed by atoms with E-state index in [0.29, 0.717) is 30.9 Å². The van der Waals surface area contributed by atoms with Gasteiger partial charge in [0.2, 0.25) is 0 Å². The van der Waals surface area contributed by atoms with Crippen molar-refractivity contribution < 1.29 is 14.3 Å². The minimum Gasteiger partial charge on any atom is -0.368 e. The van der Waals surface area contributed by atoms with E-state index < -0.39 is 0 Å². The molecule has 0 bridgehead atoms. The summed E-state index contributed by atoms with van der Waals surface area (Å²) in [7, 11) is 0. The first-order chi connectivity index (χ1) is 12.1. The van der Waals surface area contributed by atoms with Gasteiger partial charge in [-0.3, -0.25) is 4.79 Å². The van der Waals surface area contributed by atoms with Crippen molar-refractivity contribution in [2.75, 3.05) is 18.4 Å². The van der Waals surface area contributed by atoms with Crippen LogP contribution in [0, 0.1) is 0 Å². The summed E-state index contributed by atoms with van der Waals surface area (Å²) in [5.41, 5.74) is 2.27. The van der Waals surface area contributed by atoms with Crippen molar-refractivity contribution in [3.63, 3.8) is 0 Å². The lowest BCUT2D eigenvalue weighted by atomic mass is 10.0. The molecule has 2 unspecified atom stereocenters. The first kappa shape index (κ1) is 15.8. The lowest BCUT2D eigenvalue weighted by Crippen LogP contribution is -2.51. The Balaban J connectivity index is 1.40. The SMILES string of the molecule is CC(=O)c1ccc(NC(=O)N2CCC3C(C2)OCc2cnnn23)cc1. The molecule has 0 aliphatic carbocycles. The number of likely N-dealkylation sites (tertiary alicyclic amines) is 1. The number of fused-ring (bicyclic) bond motifs is 3. The molecule has 130 valence electrons. The molecule has 1 N–H and O–H groups in total. The van der Waals surface area contributed by atoms with Gasteiger partial charge >= 0.3 is 6.03 Å². The van der Waals surface area contributed by atoms with Crippen LogP contribution < -0.4 is 5.32 Å². The first-order valence-corrected chi connectivity index (χ1v) is 8.29. The average Bonchev–Trinajstić information content (AvgIpc) is 3.10. The standard InChI is InChI=1S/C17H19N5O3/c1-11(23)12-2-4-13(5-3-12)19-17(24)21-7-6-15-16(9-21)25-10-14-8-18-20-22(14)15/h2-5,8,15-16H,6-7,9-10H2,1H3,(H,19,24). The molecule has 25 heavy (non-hydrogen) atoms. The zero-order valence-electron chi connectivity index (χ0n) is 13.9. The molecule has 2 atom stereocenters. The molecular weight excluding hydrogens is 322 g/mol. The molecule has 3 heterocycles. The number of hydrogen-bond acceptors (Lipinski definition) is 5. The van der Waals surface area contributed by atoms with Crippen LogP contribution in [0.4, 0.5) is 10.5 Å². The molecule has 1 aromatic carbocycles. The van der Waals surface area contributed by atoms with Gasteiger partial charge in [0.15, 0.2) is 5.78 Å². The van der Waals surface area contributed by atoms with Crippen molar-refractivity contribution in [2.24, 2.45) is 0 Å². The molecule has 2 aliphatic rings. The fraction of sp³-hybridized carbons (Fsp3) is 0.412. The molecule has 1 saturated heterocycles. The van der Waals surface area contributed by atoms with E-state index in [-0.39, 0.29) is 24.0 Å². The molecule has 1 aromatic heterocycles. The van der Waals surface area contributed by atoms with Gasteiger partial charge in [-0.2, -0.15) is 0 Å². The number of ether oxygens (including phenoxy) is 1. The van der Waals surface area contributed by atoms with E-state index in [1.54, 1.807) is 35.4 Å². The number of aromatic nitrogens is 3. The number of rotatable bonds is 2.